The molecule has 5 heteroatoms. The van der Waals surface area contributed by atoms with Gasteiger partial charge in [-0.25, -0.2) is 0 Å². The largest absolute Gasteiger partial charge is 0.336 e. The molecule has 110 valence electrons. The average molecular weight is 340 g/mol. The van der Waals surface area contributed by atoms with Crippen molar-refractivity contribution in [1.29, 1.82) is 0 Å². The van der Waals surface area contributed by atoms with Gasteiger partial charge in [0.2, 0.25) is 0 Å². The number of likely N-dealkylation sites (N-methyl/N-ethyl adjacent to an activating group) is 1. The molecule has 1 aliphatic heterocycles. The highest BCUT2D eigenvalue weighted by atomic mass is 79.9. The first-order valence-electron chi connectivity index (χ1n) is 6.99. The molecule has 0 saturated carbocycles. The van der Waals surface area contributed by atoms with Crippen LogP contribution in [0.5, 0.6) is 0 Å². The summed E-state index contributed by atoms with van der Waals surface area (Å²) in [6, 6.07) is 7.64. The van der Waals surface area contributed by atoms with Crippen molar-refractivity contribution in [1.82, 2.24) is 14.7 Å². The van der Waals surface area contributed by atoms with E-state index in [-0.39, 0.29) is 5.91 Å². The Hall–Kier alpha value is -0.910. The minimum absolute atomic E-state index is 0.129. The number of benzene rings is 1. The first-order valence-corrected chi connectivity index (χ1v) is 7.78. The summed E-state index contributed by atoms with van der Waals surface area (Å²) in [6.07, 6.45) is 0. The molecule has 20 heavy (non-hydrogen) atoms. The molecule has 1 heterocycles. The summed E-state index contributed by atoms with van der Waals surface area (Å²) in [5.41, 5.74) is 0.759. The standard InChI is InChI=1S/C15H22BrN3O/c1-17(2)7-8-18-9-11-19(12-10-18)15(20)13-5-3-4-6-14(13)16/h3-6H,7-12H2,1-2H3. The number of carbonyl (C=O) groups is 1. The lowest BCUT2D eigenvalue weighted by Gasteiger charge is -2.35. The van der Waals surface area contributed by atoms with E-state index in [1.807, 2.05) is 29.2 Å². The zero-order chi connectivity index (χ0) is 14.5. The molecule has 1 amide bonds. The molecule has 0 unspecified atom stereocenters. The maximum atomic E-state index is 12.5. The van der Waals surface area contributed by atoms with E-state index in [4.69, 9.17) is 0 Å². The van der Waals surface area contributed by atoms with Gasteiger partial charge in [-0.2, -0.15) is 0 Å². The molecule has 0 radical (unpaired) electrons. The predicted molar refractivity (Wildman–Crippen MR) is 85.0 cm³/mol. The number of hydrogen-bond acceptors (Lipinski definition) is 3. The van der Waals surface area contributed by atoms with Gasteiger partial charge in [0.15, 0.2) is 0 Å². The molecular weight excluding hydrogens is 318 g/mol. The normalized spacial score (nSPS) is 16.7. The Balaban J connectivity index is 1.88. The van der Waals surface area contributed by atoms with Gasteiger partial charge in [0.1, 0.15) is 0 Å². The first-order chi connectivity index (χ1) is 9.58. The van der Waals surface area contributed by atoms with Crippen molar-refractivity contribution in [3.05, 3.63) is 34.3 Å². The number of rotatable bonds is 4. The third kappa shape index (κ3) is 4.04. The van der Waals surface area contributed by atoms with Crippen molar-refractivity contribution in [3.8, 4) is 0 Å². The Kier molecular flexibility index (Phi) is 5.57. The summed E-state index contributed by atoms with van der Waals surface area (Å²) in [5.74, 6) is 0.129. The molecule has 0 aliphatic carbocycles. The van der Waals surface area contributed by atoms with Crippen LogP contribution in [-0.2, 0) is 0 Å². The van der Waals surface area contributed by atoms with Crippen LogP contribution in [0.1, 0.15) is 10.4 Å². The molecule has 2 rings (SSSR count). The molecule has 0 N–H and O–H groups in total. The third-order valence-corrected chi connectivity index (χ3v) is 4.32. The predicted octanol–water partition coefficient (Wildman–Crippen LogP) is 1.77. The molecule has 1 aromatic rings. The highest BCUT2D eigenvalue weighted by Crippen LogP contribution is 2.18. The van der Waals surface area contributed by atoms with Gasteiger partial charge in [0.05, 0.1) is 5.56 Å². The summed E-state index contributed by atoms with van der Waals surface area (Å²) in [6.45, 7) is 5.69. The van der Waals surface area contributed by atoms with E-state index in [9.17, 15) is 4.79 Å². The average Bonchev–Trinajstić information content (AvgIpc) is 2.45. The Morgan fingerprint density at radius 3 is 2.45 bits per heavy atom. The van der Waals surface area contributed by atoms with E-state index in [0.29, 0.717) is 0 Å². The summed E-state index contributed by atoms with van der Waals surface area (Å²) < 4.78 is 0.875. The number of nitrogens with zero attached hydrogens (tertiary/aromatic N) is 3. The molecular formula is C15H22BrN3O. The lowest BCUT2D eigenvalue weighted by Crippen LogP contribution is -2.50. The van der Waals surface area contributed by atoms with Gasteiger partial charge >= 0.3 is 0 Å². The highest BCUT2D eigenvalue weighted by Gasteiger charge is 2.22. The molecule has 4 nitrogen and oxygen atoms in total. The second kappa shape index (κ2) is 7.20. The minimum atomic E-state index is 0.129. The second-order valence-electron chi connectivity index (χ2n) is 5.42. The van der Waals surface area contributed by atoms with E-state index >= 15 is 0 Å². The fourth-order valence-corrected chi connectivity index (χ4v) is 2.78. The molecule has 0 bridgehead atoms. The van der Waals surface area contributed by atoms with Crippen LogP contribution in [0.15, 0.2) is 28.7 Å². The smallest absolute Gasteiger partial charge is 0.255 e. The summed E-state index contributed by atoms with van der Waals surface area (Å²) in [5, 5.41) is 0. The Morgan fingerprint density at radius 1 is 1.20 bits per heavy atom. The van der Waals surface area contributed by atoms with Gasteiger partial charge < -0.3 is 9.80 Å². The van der Waals surface area contributed by atoms with Crippen LogP contribution >= 0.6 is 15.9 Å². The van der Waals surface area contributed by atoms with Crippen molar-refractivity contribution in [2.75, 3.05) is 53.4 Å². The Bertz CT molecular complexity index is 456. The summed E-state index contributed by atoms with van der Waals surface area (Å²) >= 11 is 3.45. The van der Waals surface area contributed by atoms with Gasteiger partial charge in [-0.15, -0.1) is 0 Å². The van der Waals surface area contributed by atoms with E-state index in [2.05, 4.69) is 39.8 Å². The molecule has 1 fully saturated rings. The molecule has 0 aromatic heterocycles. The van der Waals surface area contributed by atoms with Crippen molar-refractivity contribution in [3.63, 3.8) is 0 Å². The fraction of sp³-hybridized carbons (Fsp3) is 0.533. The number of halogens is 1. The van der Waals surface area contributed by atoms with Crippen LogP contribution in [-0.4, -0.2) is 74.0 Å². The SMILES string of the molecule is CN(C)CCN1CCN(C(=O)c2ccccc2Br)CC1. The van der Waals surface area contributed by atoms with Crippen LogP contribution in [0.2, 0.25) is 0 Å². The monoisotopic (exact) mass is 339 g/mol. The van der Waals surface area contributed by atoms with Crippen LogP contribution in [0, 0.1) is 0 Å². The Labute approximate surface area is 129 Å². The summed E-state index contributed by atoms with van der Waals surface area (Å²) in [7, 11) is 4.18. The van der Waals surface area contributed by atoms with Gasteiger partial charge in [-0.1, -0.05) is 12.1 Å². The van der Waals surface area contributed by atoms with Crippen molar-refractivity contribution >= 4 is 21.8 Å². The van der Waals surface area contributed by atoms with Gasteiger partial charge in [0, 0.05) is 43.7 Å². The highest BCUT2D eigenvalue weighted by molar-refractivity contribution is 9.10. The molecule has 0 spiro atoms. The second-order valence-corrected chi connectivity index (χ2v) is 6.27. The Morgan fingerprint density at radius 2 is 1.85 bits per heavy atom. The van der Waals surface area contributed by atoms with Gasteiger partial charge in [0.25, 0.3) is 5.91 Å². The maximum Gasteiger partial charge on any atom is 0.255 e. The van der Waals surface area contributed by atoms with Crippen molar-refractivity contribution < 1.29 is 4.79 Å². The lowest BCUT2D eigenvalue weighted by molar-refractivity contribution is 0.0629. The van der Waals surface area contributed by atoms with Crippen LogP contribution in [0.25, 0.3) is 0 Å². The number of hydrogen-bond donors (Lipinski definition) is 0. The molecule has 1 saturated heterocycles. The first kappa shape index (κ1) is 15.5. The molecule has 1 aliphatic rings. The van der Waals surface area contributed by atoms with Gasteiger partial charge in [-0.3, -0.25) is 9.69 Å². The minimum Gasteiger partial charge on any atom is -0.336 e. The van der Waals surface area contributed by atoms with Crippen LogP contribution in [0.4, 0.5) is 0 Å². The topological polar surface area (TPSA) is 26.8 Å². The maximum absolute atomic E-state index is 12.5. The number of carbonyl (C=O) groups excluding carboxylic acids is 1. The third-order valence-electron chi connectivity index (χ3n) is 3.63. The van der Waals surface area contributed by atoms with Gasteiger partial charge in [-0.05, 0) is 42.2 Å². The molecule has 0 atom stereocenters. The number of amides is 1. The number of piperazine rings is 1. The molecule has 1 aromatic carbocycles. The van der Waals surface area contributed by atoms with Crippen LogP contribution in [0.3, 0.4) is 0 Å². The van der Waals surface area contributed by atoms with Crippen LogP contribution < -0.4 is 0 Å². The zero-order valence-electron chi connectivity index (χ0n) is 12.2. The van der Waals surface area contributed by atoms with Crippen molar-refractivity contribution in [2.24, 2.45) is 0 Å². The van der Waals surface area contributed by atoms with E-state index in [1.54, 1.807) is 0 Å². The zero-order valence-corrected chi connectivity index (χ0v) is 13.8. The van der Waals surface area contributed by atoms with E-state index in [0.717, 1.165) is 49.3 Å². The lowest BCUT2D eigenvalue weighted by atomic mass is 10.2. The van der Waals surface area contributed by atoms with Crippen molar-refractivity contribution in [2.45, 2.75) is 0 Å². The fourth-order valence-electron chi connectivity index (χ4n) is 2.32. The summed E-state index contributed by atoms with van der Waals surface area (Å²) in [4.78, 5) is 19.0. The van der Waals surface area contributed by atoms with E-state index in [1.165, 1.54) is 0 Å². The van der Waals surface area contributed by atoms with E-state index < -0.39 is 0 Å². The quantitative estimate of drug-likeness (QED) is 0.836.